The molecule has 0 spiro atoms. The Balaban J connectivity index is 2.16. The van der Waals surface area contributed by atoms with Crippen molar-refractivity contribution in [3.63, 3.8) is 0 Å². The van der Waals surface area contributed by atoms with Crippen molar-refractivity contribution in [2.24, 2.45) is 5.11 Å². The maximum atomic E-state index is 12.5. The van der Waals surface area contributed by atoms with Gasteiger partial charge in [-0.2, -0.15) is 0 Å². The molecule has 0 radical (unpaired) electrons. The Labute approximate surface area is 160 Å². The first kappa shape index (κ1) is 21.7. The Bertz CT molecular complexity index is 866. The number of nitrogens with one attached hydrogen (secondary N) is 2. The zero-order valence-corrected chi connectivity index (χ0v) is 16.7. The highest BCUT2D eigenvalue weighted by atomic mass is 35.5. The number of H-pyrrole nitrogens is 1. The molecule has 1 saturated heterocycles. The number of aryl methyl sites for hydroxylation is 1. The number of azide groups is 1. The Morgan fingerprint density at radius 2 is 2.33 bits per heavy atom. The molecular formula is C14H22ClN6O5P. The van der Waals surface area contributed by atoms with Gasteiger partial charge in [-0.25, -0.2) is 9.88 Å². The number of rotatable bonds is 9. The van der Waals surface area contributed by atoms with Crippen molar-refractivity contribution in [2.75, 3.05) is 18.8 Å². The van der Waals surface area contributed by atoms with Gasteiger partial charge in [0.25, 0.3) is 13.1 Å². The van der Waals surface area contributed by atoms with E-state index in [0.717, 1.165) is 6.42 Å². The zero-order valence-electron chi connectivity index (χ0n) is 15.0. The molecule has 1 fully saturated rings. The lowest BCUT2D eigenvalue weighted by atomic mass is 10.1. The van der Waals surface area contributed by atoms with E-state index in [2.05, 4.69) is 20.1 Å². The van der Waals surface area contributed by atoms with E-state index >= 15 is 0 Å². The number of aromatic amines is 1. The van der Waals surface area contributed by atoms with E-state index in [-0.39, 0.29) is 18.6 Å². The summed E-state index contributed by atoms with van der Waals surface area (Å²) in [5.74, 6) is 0. The quantitative estimate of drug-likeness (QED) is 0.205. The molecule has 0 aliphatic carbocycles. The maximum Gasteiger partial charge on any atom is 0.330 e. The van der Waals surface area contributed by atoms with Crippen LogP contribution in [-0.4, -0.2) is 40.5 Å². The molecule has 27 heavy (non-hydrogen) atoms. The minimum atomic E-state index is -3.25. The topological polar surface area (TPSA) is 151 Å². The molecule has 0 aromatic carbocycles. The van der Waals surface area contributed by atoms with Crippen LogP contribution < -0.4 is 16.3 Å². The van der Waals surface area contributed by atoms with Gasteiger partial charge >= 0.3 is 5.69 Å². The van der Waals surface area contributed by atoms with Crippen molar-refractivity contribution < 1.29 is 13.8 Å². The molecular weight excluding hydrogens is 399 g/mol. The van der Waals surface area contributed by atoms with Crippen LogP contribution in [0.25, 0.3) is 10.4 Å². The number of hydrogen-bond acceptors (Lipinski definition) is 6. The molecule has 0 bridgehead atoms. The fraction of sp³-hybridized carbons (Fsp3) is 0.714. The summed E-state index contributed by atoms with van der Waals surface area (Å²) in [7, 11) is -3.25. The van der Waals surface area contributed by atoms with E-state index in [1.807, 2.05) is 6.92 Å². The van der Waals surface area contributed by atoms with Gasteiger partial charge in [0, 0.05) is 29.6 Å². The van der Waals surface area contributed by atoms with E-state index in [9.17, 15) is 14.2 Å². The Kier molecular flexibility index (Phi) is 7.67. The standard InChI is InChI=1S/C14H22ClN6O5P/c1-3-4-17-27(24,8-15)25-7-11-10(19-20-16)5-12(26-11)21-6-9(2)13(22)18-14(21)23/h6,10-12H,3-5,7-8H2,1-2H3,(H,17,24)(H,18,22,23)/t10?,11-,12-,27?/m1/s1. The number of alkyl halides is 1. The van der Waals surface area contributed by atoms with Crippen LogP contribution in [-0.2, 0) is 13.8 Å². The van der Waals surface area contributed by atoms with Crippen LogP contribution in [0.1, 0.15) is 31.6 Å². The van der Waals surface area contributed by atoms with E-state index in [0.29, 0.717) is 12.1 Å². The van der Waals surface area contributed by atoms with Crippen LogP contribution >= 0.6 is 19.1 Å². The third-order valence-electron chi connectivity index (χ3n) is 4.07. The molecule has 4 atom stereocenters. The number of halogens is 1. The summed E-state index contributed by atoms with van der Waals surface area (Å²) >= 11 is 5.75. The monoisotopic (exact) mass is 420 g/mol. The first-order valence-corrected chi connectivity index (χ1v) is 10.7. The highest BCUT2D eigenvalue weighted by Gasteiger charge is 2.38. The lowest BCUT2D eigenvalue weighted by molar-refractivity contribution is -0.0222. The Hall–Kier alpha value is -1.61. The minimum Gasteiger partial charge on any atom is -0.352 e. The fourth-order valence-electron chi connectivity index (χ4n) is 2.62. The molecule has 1 aliphatic rings. The second-order valence-corrected chi connectivity index (χ2v) is 8.99. The molecule has 11 nitrogen and oxygen atoms in total. The first-order valence-electron chi connectivity index (χ1n) is 8.40. The summed E-state index contributed by atoms with van der Waals surface area (Å²) < 4.78 is 25.0. The Morgan fingerprint density at radius 3 is 2.96 bits per heavy atom. The molecule has 2 unspecified atom stereocenters. The number of aromatic nitrogens is 2. The van der Waals surface area contributed by atoms with Crippen molar-refractivity contribution in [1.82, 2.24) is 14.6 Å². The summed E-state index contributed by atoms with van der Waals surface area (Å²) in [4.78, 5) is 28.6. The van der Waals surface area contributed by atoms with Gasteiger partial charge < -0.3 is 9.26 Å². The van der Waals surface area contributed by atoms with Gasteiger partial charge in [-0.15, -0.1) is 11.6 Å². The second-order valence-electron chi connectivity index (χ2n) is 6.11. The molecule has 2 heterocycles. The molecule has 1 aromatic heterocycles. The average Bonchev–Trinajstić information content (AvgIpc) is 3.04. The second kappa shape index (κ2) is 9.54. The molecule has 1 aromatic rings. The predicted octanol–water partition coefficient (Wildman–Crippen LogP) is 2.22. The zero-order chi connectivity index (χ0) is 20.0. The van der Waals surface area contributed by atoms with Crippen molar-refractivity contribution >= 4 is 19.1 Å². The van der Waals surface area contributed by atoms with Crippen molar-refractivity contribution in [3.8, 4) is 0 Å². The van der Waals surface area contributed by atoms with Crippen LogP contribution in [0.15, 0.2) is 20.9 Å². The highest BCUT2D eigenvalue weighted by Crippen LogP contribution is 2.44. The van der Waals surface area contributed by atoms with Crippen molar-refractivity contribution in [1.29, 1.82) is 0 Å². The SMILES string of the molecule is CCCNP(=O)(CCl)OC[C@H]1O[C@@H](n2cc(C)c(=O)[nH]c2=O)CC1N=[N+]=[N-]. The summed E-state index contributed by atoms with van der Waals surface area (Å²) in [5, 5.41) is 6.46. The molecule has 2 rings (SSSR count). The normalized spacial score (nSPS) is 24.3. The number of nitrogens with zero attached hydrogens (tertiary/aromatic N) is 4. The van der Waals surface area contributed by atoms with Gasteiger partial charge in [-0.05, 0) is 18.9 Å². The minimum absolute atomic E-state index is 0.127. The van der Waals surface area contributed by atoms with Gasteiger partial charge in [0.05, 0.1) is 18.8 Å². The fourth-order valence-corrected chi connectivity index (χ4v) is 4.28. The molecule has 0 saturated carbocycles. The third kappa shape index (κ3) is 5.44. The van der Waals surface area contributed by atoms with Gasteiger partial charge in [-0.1, -0.05) is 12.0 Å². The van der Waals surface area contributed by atoms with Gasteiger partial charge in [0.15, 0.2) is 0 Å². The van der Waals surface area contributed by atoms with E-state index < -0.39 is 37.1 Å². The summed E-state index contributed by atoms with van der Waals surface area (Å²) in [6, 6.07) is -0.630. The van der Waals surface area contributed by atoms with E-state index in [1.54, 1.807) is 6.92 Å². The van der Waals surface area contributed by atoms with Crippen LogP contribution in [0, 0.1) is 6.92 Å². The van der Waals surface area contributed by atoms with E-state index in [4.69, 9.17) is 26.4 Å². The van der Waals surface area contributed by atoms with Crippen molar-refractivity contribution in [3.05, 3.63) is 43.0 Å². The summed E-state index contributed by atoms with van der Waals surface area (Å²) in [5.41, 5.74) is 7.80. The molecule has 2 N–H and O–H groups in total. The summed E-state index contributed by atoms with van der Waals surface area (Å²) in [6.45, 7) is 3.82. The van der Waals surface area contributed by atoms with Crippen LogP contribution in [0.4, 0.5) is 0 Å². The van der Waals surface area contributed by atoms with Crippen molar-refractivity contribution in [2.45, 2.75) is 45.1 Å². The van der Waals surface area contributed by atoms with Gasteiger partial charge in [0.2, 0.25) is 0 Å². The van der Waals surface area contributed by atoms with Crippen LogP contribution in [0.5, 0.6) is 0 Å². The number of ether oxygens (including phenoxy) is 1. The molecule has 150 valence electrons. The maximum absolute atomic E-state index is 12.5. The van der Waals surface area contributed by atoms with Crippen LogP contribution in [0.3, 0.4) is 0 Å². The molecule has 1 aliphatic heterocycles. The Morgan fingerprint density at radius 1 is 1.59 bits per heavy atom. The van der Waals surface area contributed by atoms with Gasteiger partial charge in [-0.3, -0.25) is 18.9 Å². The highest BCUT2D eigenvalue weighted by molar-refractivity contribution is 7.58. The lowest BCUT2D eigenvalue weighted by Gasteiger charge is -2.21. The largest absolute Gasteiger partial charge is 0.352 e. The molecule has 0 amide bonds. The smallest absolute Gasteiger partial charge is 0.330 e. The molecule has 13 heteroatoms. The van der Waals surface area contributed by atoms with Gasteiger partial charge in [0.1, 0.15) is 11.8 Å². The lowest BCUT2D eigenvalue weighted by Crippen LogP contribution is -2.33. The number of hydrogen-bond donors (Lipinski definition) is 2. The van der Waals surface area contributed by atoms with E-state index in [1.165, 1.54) is 10.8 Å². The average molecular weight is 421 g/mol. The predicted molar refractivity (Wildman–Crippen MR) is 100 cm³/mol. The summed E-state index contributed by atoms with van der Waals surface area (Å²) in [6.07, 6.45) is 0.870. The first-order chi connectivity index (χ1) is 12.8. The third-order valence-corrected chi connectivity index (χ3v) is 6.60. The van der Waals surface area contributed by atoms with Crippen LogP contribution in [0.2, 0.25) is 0 Å².